The summed E-state index contributed by atoms with van der Waals surface area (Å²) in [4.78, 5) is 2.18. The van der Waals surface area contributed by atoms with E-state index < -0.39 is 0 Å². The van der Waals surface area contributed by atoms with Crippen LogP contribution in [-0.2, 0) is 6.54 Å². The van der Waals surface area contributed by atoms with Gasteiger partial charge in [-0.2, -0.15) is 0 Å². The molecule has 0 amide bonds. The Morgan fingerprint density at radius 2 is 2.43 bits per heavy atom. The Bertz CT molecular complexity index is 267. The number of hydrogen-bond acceptors (Lipinski definition) is 3. The lowest BCUT2D eigenvalue weighted by molar-refractivity contribution is 0.315. The highest BCUT2D eigenvalue weighted by Crippen LogP contribution is 2.04. The van der Waals surface area contributed by atoms with Gasteiger partial charge in [-0.3, -0.25) is 4.90 Å². The zero-order valence-corrected chi connectivity index (χ0v) is 8.92. The standard InChI is InChI=1S/C11H18N2O/c1-10(7-12-2)8-13(3)9-11-5-4-6-14-11/h4-6,12H,1,7-9H2,2-3H3. The van der Waals surface area contributed by atoms with E-state index in [1.807, 2.05) is 19.2 Å². The highest BCUT2D eigenvalue weighted by atomic mass is 16.3. The Hall–Kier alpha value is -1.06. The van der Waals surface area contributed by atoms with Gasteiger partial charge >= 0.3 is 0 Å². The van der Waals surface area contributed by atoms with Crippen molar-refractivity contribution in [2.24, 2.45) is 0 Å². The van der Waals surface area contributed by atoms with Crippen molar-refractivity contribution < 1.29 is 4.42 Å². The van der Waals surface area contributed by atoms with Gasteiger partial charge < -0.3 is 9.73 Å². The lowest BCUT2D eigenvalue weighted by atomic mass is 10.3. The molecule has 1 N–H and O–H groups in total. The zero-order valence-electron chi connectivity index (χ0n) is 8.92. The molecule has 1 heterocycles. The monoisotopic (exact) mass is 194 g/mol. The summed E-state index contributed by atoms with van der Waals surface area (Å²) in [6.45, 7) is 6.56. The number of rotatable bonds is 6. The molecule has 1 rings (SSSR count). The number of furan rings is 1. The largest absolute Gasteiger partial charge is 0.468 e. The van der Waals surface area contributed by atoms with Crippen LogP contribution in [0.2, 0.25) is 0 Å². The van der Waals surface area contributed by atoms with Gasteiger partial charge in [0.05, 0.1) is 12.8 Å². The van der Waals surface area contributed by atoms with Crippen molar-refractivity contribution in [3.8, 4) is 0 Å². The second-order valence-corrected chi connectivity index (χ2v) is 3.53. The minimum atomic E-state index is 0.829. The van der Waals surface area contributed by atoms with Gasteiger partial charge in [0.25, 0.3) is 0 Å². The highest BCUT2D eigenvalue weighted by Gasteiger charge is 2.03. The molecule has 0 unspecified atom stereocenters. The second kappa shape index (κ2) is 5.62. The van der Waals surface area contributed by atoms with Crippen molar-refractivity contribution in [3.05, 3.63) is 36.3 Å². The first-order valence-corrected chi connectivity index (χ1v) is 4.74. The van der Waals surface area contributed by atoms with Gasteiger partial charge in [-0.25, -0.2) is 0 Å². The van der Waals surface area contributed by atoms with E-state index in [2.05, 4.69) is 23.8 Å². The van der Waals surface area contributed by atoms with Crippen LogP contribution in [0.3, 0.4) is 0 Å². The van der Waals surface area contributed by atoms with Gasteiger partial charge in [-0.1, -0.05) is 6.58 Å². The fourth-order valence-corrected chi connectivity index (χ4v) is 1.41. The van der Waals surface area contributed by atoms with E-state index in [4.69, 9.17) is 4.42 Å². The van der Waals surface area contributed by atoms with E-state index >= 15 is 0 Å². The molecule has 0 saturated heterocycles. The van der Waals surface area contributed by atoms with Gasteiger partial charge in [0.1, 0.15) is 5.76 Å². The van der Waals surface area contributed by atoms with Crippen LogP contribution in [0.15, 0.2) is 35.0 Å². The van der Waals surface area contributed by atoms with E-state index in [-0.39, 0.29) is 0 Å². The van der Waals surface area contributed by atoms with Crippen LogP contribution in [0.4, 0.5) is 0 Å². The molecule has 0 aliphatic rings. The number of nitrogens with zero attached hydrogens (tertiary/aromatic N) is 1. The molecule has 0 aliphatic carbocycles. The Kier molecular flexibility index (Phi) is 4.43. The lowest BCUT2D eigenvalue weighted by Crippen LogP contribution is -2.24. The molecule has 0 atom stereocenters. The van der Waals surface area contributed by atoms with Gasteiger partial charge in [0.15, 0.2) is 0 Å². The number of hydrogen-bond donors (Lipinski definition) is 1. The molecular weight excluding hydrogens is 176 g/mol. The molecule has 1 aromatic heterocycles. The van der Waals surface area contributed by atoms with Crippen LogP contribution in [0.25, 0.3) is 0 Å². The number of nitrogens with one attached hydrogen (secondary N) is 1. The Balaban J connectivity index is 2.29. The molecule has 0 fully saturated rings. The molecule has 0 bridgehead atoms. The Morgan fingerprint density at radius 1 is 1.64 bits per heavy atom. The van der Waals surface area contributed by atoms with E-state index in [0.717, 1.165) is 25.4 Å². The lowest BCUT2D eigenvalue weighted by Gasteiger charge is -2.16. The molecule has 0 aromatic carbocycles. The van der Waals surface area contributed by atoms with Gasteiger partial charge in [-0.05, 0) is 31.8 Å². The summed E-state index contributed by atoms with van der Waals surface area (Å²) in [6, 6.07) is 3.89. The first kappa shape index (κ1) is 11.0. The summed E-state index contributed by atoms with van der Waals surface area (Å²) in [5.41, 5.74) is 1.18. The van der Waals surface area contributed by atoms with Gasteiger partial charge in [-0.15, -0.1) is 0 Å². The molecule has 0 radical (unpaired) electrons. The maximum Gasteiger partial charge on any atom is 0.117 e. The molecule has 14 heavy (non-hydrogen) atoms. The van der Waals surface area contributed by atoms with Gasteiger partial charge in [0.2, 0.25) is 0 Å². The van der Waals surface area contributed by atoms with Crippen molar-refractivity contribution >= 4 is 0 Å². The highest BCUT2D eigenvalue weighted by molar-refractivity contribution is 5.02. The fourth-order valence-electron chi connectivity index (χ4n) is 1.41. The second-order valence-electron chi connectivity index (χ2n) is 3.53. The molecule has 78 valence electrons. The molecular formula is C11H18N2O. The third kappa shape index (κ3) is 3.77. The van der Waals surface area contributed by atoms with Crippen molar-refractivity contribution in [2.45, 2.75) is 6.54 Å². The maximum atomic E-state index is 5.26. The molecule has 3 heteroatoms. The molecule has 0 saturated carbocycles. The Labute approximate surface area is 85.4 Å². The van der Waals surface area contributed by atoms with Gasteiger partial charge in [0, 0.05) is 13.1 Å². The number of likely N-dealkylation sites (N-methyl/N-ethyl adjacent to an activating group) is 2. The minimum absolute atomic E-state index is 0.829. The van der Waals surface area contributed by atoms with Crippen molar-refractivity contribution in [1.29, 1.82) is 0 Å². The summed E-state index contributed by atoms with van der Waals surface area (Å²) in [5, 5.41) is 3.08. The van der Waals surface area contributed by atoms with E-state index in [0.29, 0.717) is 0 Å². The normalized spacial score (nSPS) is 10.8. The summed E-state index contributed by atoms with van der Waals surface area (Å²) < 4.78 is 5.26. The average molecular weight is 194 g/mol. The van der Waals surface area contributed by atoms with Crippen LogP contribution >= 0.6 is 0 Å². The first-order chi connectivity index (χ1) is 6.72. The average Bonchev–Trinajstić information content (AvgIpc) is 2.56. The summed E-state index contributed by atoms with van der Waals surface area (Å²) in [5.74, 6) is 0.991. The van der Waals surface area contributed by atoms with Crippen molar-refractivity contribution in [3.63, 3.8) is 0 Å². The van der Waals surface area contributed by atoms with Crippen LogP contribution in [0, 0.1) is 0 Å². The molecule has 0 spiro atoms. The SMILES string of the molecule is C=C(CNC)CN(C)Cc1ccco1. The van der Waals surface area contributed by atoms with E-state index in [9.17, 15) is 0 Å². The molecule has 3 nitrogen and oxygen atoms in total. The molecule has 0 aliphatic heterocycles. The third-order valence-electron chi connectivity index (χ3n) is 1.93. The van der Waals surface area contributed by atoms with Crippen molar-refractivity contribution in [2.75, 3.05) is 27.2 Å². The fraction of sp³-hybridized carbons (Fsp3) is 0.455. The predicted molar refractivity (Wildman–Crippen MR) is 58.1 cm³/mol. The summed E-state index contributed by atoms with van der Waals surface area (Å²) in [6.07, 6.45) is 1.70. The van der Waals surface area contributed by atoms with Crippen LogP contribution in [0.5, 0.6) is 0 Å². The van der Waals surface area contributed by atoms with E-state index in [1.54, 1.807) is 6.26 Å². The first-order valence-electron chi connectivity index (χ1n) is 4.74. The smallest absolute Gasteiger partial charge is 0.117 e. The summed E-state index contributed by atoms with van der Waals surface area (Å²) in [7, 11) is 3.99. The van der Waals surface area contributed by atoms with Crippen LogP contribution in [0.1, 0.15) is 5.76 Å². The Morgan fingerprint density at radius 3 is 3.00 bits per heavy atom. The van der Waals surface area contributed by atoms with Crippen LogP contribution in [-0.4, -0.2) is 32.1 Å². The maximum absolute atomic E-state index is 5.26. The zero-order chi connectivity index (χ0) is 10.4. The van der Waals surface area contributed by atoms with E-state index in [1.165, 1.54) is 5.57 Å². The van der Waals surface area contributed by atoms with Crippen molar-refractivity contribution in [1.82, 2.24) is 10.2 Å². The topological polar surface area (TPSA) is 28.4 Å². The molecule has 1 aromatic rings. The summed E-state index contributed by atoms with van der Waals surface area (Å²) >= 11 is 0. The predicted octanol–water partition coefficient (Wildman–Crippen LogP) is 1.49. The van der Waals surface area contributed by atoms with Crippen LogP contribution < -0.4 is 5.32 Å². The third-order valence-corrected chi connectivity index (χ3v) is 1.93. The minimum Gasteiger partial charge on any atom is -0.468 e. The quantitative estimate of drug-likeness (QED) is 0.695.